The maximum absolute atomic E-state index is 13.0. The van der Waals surface area contributed by atoms with Gasteiger partial charge in [0.15, 0.2) is 0 Å². The Morgan fingerprint density at radius 2 is 1.47 bits per heavy atom. The zero-order valence-electron chi connectivity index (χ0n) is 20.4. The number of carbonyl (C=O) groups excluding carboxylic acids is 2. The van der Waals surface area contributed by atoms with Gasteiger partial charge in [-0.3, -0.25) is 9.59 Å². The van der Waals surface area contributed by atoms with Crippen molar-refractivity contribution in [2.75, 3.05) is 6.61 Å². The number of aliphatic carboxylic acids is 1. The first kappa shape index (κ1) is 25.3. The monoisotopic (exact) mass is 466 g/mol. The Balaban J connectivity index is 1.69. The maximum Gasteiger partial charge on any atom is 0.407 e. The summed E-state index contributed by atoms with van der Waals surface area (Å²) < 4.78 is 5.61. The number of fused-ring (bicyclic) bond motifs is 3. The fourth-order valence-electron chi connectivity index (χ4n) is 4.34. The van der Waals surface area contributed by atoms with Gasteiger partial charge in [0.25, 0.3) is 0 Å². The van der Waals surface area contributed by atoms with Crippen molar-refractivity contribution in [2.24, 2.45) is 11.3 Å². The van der Waals surface area contributed by atoms with Gasteiger partial charge in [0.05, 0.1) is 6.42 Å². The Kier molecular flexibility index (Phi) is 7.64. The molecule has 0 saturated heterocycles. The first-order valence-corrected chi connectivity index (χ1v) is 11.6. The molecule has 3 N–H and O–H groups in total. The van der Waals surface area contributed by atoms with Crippen molar-refractivity contribution in [3.8, 4) is 11.1 Å². The van der Waals surface area contributed by atoms with Crippen LogP contribution in [0.15, 0.2) is 48.5 Å². The van der Waals surface area contributed by atoms with E-state index in [1.165, 1.54) is 0 Å². The van der Waals surface area contributed by atoms with Crippen molar-refractivity contribution < 1.29 is 24.2 Å². The summed E-state index contributed by atoms with van der Waals surface area (Å²) in [6, 6.07) is 14.7. The zero-order chi connectivity index (χ0) is 25.0. The number of amides is 2. The standard InChI is InChI=1S/C27H34N2O5/c1-16(2)22(14-23(30)31)28-25(32)24(27(3,4)5)29-26(33)34-15-21-19-12-8-6-10-17(19)18-11-7-9-13-20(18)21/h6-13,16,21-22,24H,14-15H2,1-5H3,(H,28,32)(H,29,33)(H,30,31)/t22-,24?/m1/s1. The third kappa shape index (κ3) is 5.76. The van der Waals surface area contributed by atoms with Crippen LogP contribution in [0, 0.1) is 11.3 Å². The lowest BCUT2D eigenvalue weighted by Gasteiger charge is -2.32. The lowest BCUT2D eigenvalue weighted by Crippen LogP contribution is -2.56. The van der Waals surface area contributed by atoms with Crippen LogP contribution in [0.1, 0.15) is 58.1 Å². The molecule has 0 fully saturated rings. The molecule has 1 aliphatic carbocycles. The number of nitrogens with one attached hydrogen (secondary N) is 2. The second kappa shape index (κ2) is 10.3. The van der Waals surface area contributed by atoms with Crippen LogP contribution in [0.4, 0.5) is 4.79 Å². The van der Waals surface area contributed by atoms with Gasteiger partial charge in [-0.05, 0) is 33.6 Å². The highest BCUT2D eigenvalue weighted by atomic mass is 16.5. The number of carbonyl (C=O) groups is 3. The summed E-state index contributed by atoms with van der Waals surface area (Å²) in [5, 5.41) is 14.7. The number of rotatable bonds is 8. The van der Waals surface area contributed by atoms with E-state index in [0.717, 1.165) is 22.3 Å². The van der Waals surface area contributed by atoms with Crippen LogP contribution in [0.25, 0.3) is 11.1 Å². The molecule has 2 atom stereocenters. The molecular weight excluding hydrogens is 432 g/mol. The largest absolute Gasteiger partial charge is 0.481 e. The molecule has 0 aliphatic heterocycles. The predicted octanol–water partition coefficient (Wildman–Crippen LogP) is 4.56. The van der Waals surface area contributed by atoms with Crippen LogP contribution in [-0.4, -0.2) is 41.8 Å². The second-order valence-corrected chi connectivity index (χ2v) is 10.2. The topological polar surface area (TPSA) is 105 Å². The fourth-order valence-corrected chi connectivity index (χ4v) is 4.34. The number of hydrogen-bond acceptors (Lipinski definition) is 4. The Labute approximate surface area is 200 Å². The minimum Gasteiger partial charge on any atom is -0.481 e. The Morgan fingerprint density at radius 3 is 1.94 bits per heavy atom. The highest BCUT2D eigenvalue weighted by Crippen LogP contribution is 2.44. The molecular formula is C27H34N2O5. The molecule has 34 heavy (non-hydrogen) atoms. The van der Waals surface area contributed by atoms with E-state index in [4.69, 9.17) is 9.84 Å². The highest BCUT2D eigenvalue weighted by Gasteiger charge is 2.36. The van der Waals surface area contributed by atoms with Crippen LogP contribution in [0.5, 0.6) is 0 Å². The predicted molar refractivity (Wildman–Crippen MR) is 130 cm³/mol. The Bertz CT molecular complexity index is 1010. The van der Waals surface area contributed by atoms with Crippen LogP contribution >= 0.6 is 0 Å². The van der Waals surface area contributed by atoms with Crippen molar-refractivity contribution in [3.05, 3.63) is 59.7 Å². The van der Waals surface area contributed by atoms with Crippen molar-refractivity contribution in [1.29, 1.82) is 0 Å². The maximum atomic E-state index is 13.0. The van der Waals surface area contributed by atoms with E-state index < -0.39 is 35.5 Å². The van der Waals surface area contributed by atoms with Crippen molar-refractivity contribution >= 4 is 18.0 Å². The van der Waals surface area contributed by atoms with E-state index >= 15 is 0 Å². The SMILES string of the molecule is CC(C)[C@@H](CC(=O)O)NC(=O)C(NC(=O)OCC1c2ccccc2-c2ccccc21)C(C)(C)C. The smallest absolute Gasteiger partial charge is 0.407 e. The fraction of sp³-hybridized carbons (Fsp3) is 0.444. The van der Waals surface area contributed by atoms with Crippen LogP contribution in [0.3, 0.4) is 0 Å². The summed E-state index contributed by atoms with van der Waals surface area (Å²) in [5.41, 5.74) is 3.87. The average molecular weight is 467 g/mol. The van der Waals surface area contributed by atoms with Gasteiger partial charge in [-0.2, -0.15) is 0 Å². The minimum atomic E-state index is -0.990. The molecule has 1 aliphatic rings. The summed E-state index contributed by atoms with van der Waals surface area (Å²) in [6.07, 6.45) is -0.873. The van der Waals surface area contributed by atoms with Gasteiger partial charge >= 0.3 is 12.1 Å². The first-order valence-electron chi connectivity index (χ1n) is 11.6. The summed E-state index contributed by atoms with van der Waals surface area (Å²) in [5.74, 6) is -1.58. The number of carboxylic acids is 1. The number of hydrogen-bond donors (Lipinski definition) is 3. The number of carboxylic acid groups (broad SMARTS) is 1. The molecule has 2 amide bonds. The Morgan fingerprint density at radius 1 is 0.941 bits per heavy atom. The first-order chi connectivity index (χ1) is 16.0. The molecule has 2 aromatic carbocycles. The van der Waals surface area contributed by atoms with Gasteiger partial charge in [-0.1, -0.05) is 83.1 Å². The molecule has 182 valence electrons. The normalized spacial score (nSPS) is 14.6. The average Bonchev–Trinajstić information content (AvgIpc) is 3.08. The molecule has 0 heterocycles. The molecule has 0 spiro atoms. The van der Waals surface area contributed by atoms with Gasteiger partial charge in [0, 0.05) is 12.0 Å². The molecule has 7 nitrogen and oxygen atoms in total. The second-order valence-electron chi connectivity index (χ2n) is 10.2. The quantitative estimate of drug-likeness (QED) is 0.529. The van der Waals surface area contributed by atoms with E-state index in [2.05, 4.69) is 22.8 Å². The van der Waals surface area contributed by atoms with Crippen molar-refractivity contribution in [2.45, 2.75) is 59.0 Å². The van der Waals surface area contributed by atoms with Gasteiger partial charge < -0.3 is 20.5 Å². The van der Waals surface area contributed by atoms with Crippen molar-refractivity contribution in [3.63, 3.8) is 0 Å². The van der Waals surface area contributed by atoms with Gasteiger partial charge in [0.2, 0.25) is 5.91 Å². The lowest BCUT2D eigenvalue weighted by molar-refractivity contribution is -0.138. The van der Waals surface area contributed by atoms with Crippen LogP contribution in [-0.2, 0) is 14.3 Å². The van der Waals surface area contributed by atoms with Crippen LogP contribution < -0.4 is 10.6 Å². The van der Waals surface area contributed by atoms with Gasteiger partial charge in [-0.25, -0.2) is 4.79 Å². The molecule has 3 rings (SSSR count). The molecule has 1 unspecified atom stereocenters. The molecule has 7 heteroatoms. The molecule has 0 aromatic heterocycles. The van der Waals surface area contributed by atoms with Gasteiger partial charge in [-0.15, -0.1) is 0 Å². The van der Waals surface area contributed by atoms with E-state index in [-0.39, 0.29) is 24.9 Å². The van der Waals surface area contributed by atoms with E-state index in [0.29, 0.717) is 0 Å². The summed E-state index contributed by atoms with van der Waals surface area (Å²) in [4.78, 5) is 37.0. The molecule has 2 aromatic rings. The number of benzene rings is 2. The number of alkyl carbamates (subject to hydrolysis) is 1. The molecule has 0 saturated carbocycles. The highest BCUT2D eigenvalue weighted by molar-refractivity contribution is 5.87. The van der Waals surface area contributed by atoms with E-state index in [1.807, 2.05) is 71.0 Å². The summed E-state index contributed by atoms with van der Waals surface area (Å²) in [7, 11) is 0. The third-order valence-electron chi connectivity index (χ3n) is 6.26. The van der Waals surface area contributed by atoms with E-state index in [1.54, 1.807) is 0 Å². The van der Waals surface area contributed by atoms with Crippen LogP contribution in [0.2, 0.25) is 0 Å². The zero-order valence-corrected chi connectivity index (χ0v) is 20.4. The summed E-state index contributed by atoms with van der Waals surface area (Å²) in [6.45, 7) is 9.34. The third-order valence-corrected chi connectivity index (χ3v) is 6.26. The van der Waals surface area contributed by atoms with Crippen molar-refractivity contribution in [1.82, 2.24) is 10.6 Å². The van der Waals surface area contributed by atoms with E-state index in [9.17, 15) is 14.4 Å². The molecule has 0 bridgehead atoms. The van der Waals surface area contributed by atoms with Gasteiger partial charge in [0.1, 0.15) is 12.6 Å². The Hall–Kier alpha value is -3.35. The minimum absolute atomic E-state index is 0.0740. The molecule has 0 radical (unpaired) electrons. The lowest BCUT2D eigenvalue weighted by atomic mass is 9.85. The summed E-state index contributed by atoms with van der Waals surface area (Å²) >= 11 is 0. The number of ether oxygens (including phenoxy) is 1.